The minimum absolute atomic E-state index is 0.524. The number of benzene rings is 4. The third-order valence-corrected chi connectivity index (χ3v) is 5.12. The van der Waals surface area contributed by atoms with Crippen LogP contribution in [-0.4, -0.2) is 0 Å². The highest BCUT2D eigenvalue weighted by Gasteiger charge is 2.12. The molecule has 4 aromatic carbocycles. The summed E-state index contributed by atoms with van der Waals surface area (Å²) in [5, 5.41) is 5.38. The van der Waals surface area contributed by atoms with Crippen LogP contribution in [-0.2, 0) is 0 Å². The molecule has 0 saturated carbocycles. The largest absolute Gasteiger partial charge is 0.0616 e. The van der Waals surface area contributed by atoms with Crippen molar-refractivity contribution in [3.05, 3.63) is 83.4 Å². The Bertz CT molecular complexity index is 1080. The predicted octanol–water partition coefficient (Wildman–Crippen LogP) is 7.40. The Morgan fingerprint density at radius 1 is 0.600 bits per heavy atom. The fraction of sp³-hybridized carbons (Fsp3) is 0.200. The SMILES string of the molecule is Cc1ccc2c(-c3ccc(C(C)C)c4ccccc34)cc(C)cc2c1. The third-order valence-electron chi connectivity index (χ3n) is 5.12. The van der Waals surface area contributed by atoms with Gasteiger partial charge >= 0.3 is 0 Å². The molecule has 0 fully saturated rings. The Hall–Kier alpha value is -2.60. The Morgan fingerprint density at radius 2 is 1.32 bits per heavy atom. The van der Waals surface area contributed by atoms with Crippen LogP contribution in [0.1, 0.15) is 36.5 Å². The fourth-order valence-electron chi connectivity index (χ4n) is 3.92. The Morgan fingerprint density at radius 3 is 2.08 bits per heavy atom. The maximum atomic E-state index is 2.33. The van der Waals surface area contributed by atoms with Crippen molar-refractivity contribution in [1.29, 1.82) is 0 Å². The molecular formula is C25H24. The number of hydrogen-bond acceptors (Lipinski definition) is 0. The van der Waals surface area contributed by atoms with Crippen LogP contribution in [0.25, 0.3) is 32.7 Å². The van der Waals surface area contributed by atoms with E-state index in [2.05, 4.69) is 94.4 Å². The van der Waals surface area contributed by atoms with Crippen LogP contribution >= 0.6 is 0 Å². The number of hydrogen-bond donors (Lipinski definition) is 0. The highest BCUT2D eigenvalue weighted by atomic mass is 14.2. The molecule has 0 atom stereocenters. The fourth-order valence-corrected chi connectivity index (χ4v) is 3.92. The van der Waals surface area contributed by atoms with Gasteiger partial charge in [0.25, 0.3) is 0 Å². The molecule has 0 nitrogen and oxygen atoms in total. The number of aryl methyl sites for hydroxylation is 2. The van der Waals surface area contributed by atoms with Gasteiger partial charge in [-0.3, -0.25) is 0 Å². The van der Waals surface area contributed by atoms with Crippen molar-refractivity contribution >= 4 is 21.5 Å². The molecular weight excluding hydrogens is 300 g/mol. The quantitative estimate of drug-likeness (QED) is 0.360. The predicted molar refractivity (Wildman–Crippen MR) is 110 cm³/mol. The molecule has 0 aliphatic rings. The maximum absolute atomic E-state index is 2.33. The van der Waals surface area contributed by atoms with Crippen molar-refractivity contribution < 1.29 is 0 Å². The molecule has 25 heavy (non-hydrogen) atoms. The molecule has 0 saturated heterocycles. The summed E-state index contributed by atoms with van der Waals surface area (Å²) in [5.41, 5.74) is 6.71. The van der Waals surface area contributed by atoms with Crippen LogP contribution in [0.3, 0.4) is 0 Å². The van der Waals surface area contributed by atoms with E-state index in [1.54, 1.807) is 0 Å². The van der Waals surface area contributed by atoms with Crippen molar-refractivity contribution in [3.63, 3.8) is 0 Å². The Balaban J connectivity index is 2.09. The molecule has 0 aliphatic heterocycles. The van der Waals surface area contributed by atoms with E-state index in [1.807, 2.05) is 0 Å². The van der Waals surface area contributed by atoms with Gasteiger partial charge in [-0.15, -0.1) is 0 Å². The molecule has 0 amide bonds. The number of fused-ring (bicyclic) bond motifs is 2. The lowest BCUT2D eigenvalue weighted by molar-refractivity contribution is 0.876. The van der Waals surface area contributed by atoms with Gasteiger partial charge in [-0.2, -0.15) is 0 Å². The molecule has 0 spiro atoms. The first-order valence-electron chi connectivity index (χ1n) is 9.07. The summed E-state index contributed by atoms with van der Waals surface area (Å²) in [6, 6.07) is 24.8. The van der Waals surface area contributed by atoms with Gasteiger partial charge in [0.15, 0.2) is 0 Å². The van der Waals surface area contributed by atoms with Crippen LogP contribution in [0, 0.1) is 13.8 Å². The topological polar surface area (TPSA) is 0 Å². The zero-order chi connectivity index (χ0) is 17.6. The summed E-state index contributed by atoms with van der Waals surface area (Å²) in [7, 11) is 0. The van der Waals surface area contributed by atoms with Crippen LogP contribution in [0.5, 0.6) is 0 Å². The van der Waals surface area contributed by atoms with Gasteiger partial charge in [-0.05, 0) is 63.6 Å². The highest BCUT2D eigenvalue weighted by molar-refractivity contribution is 6.06. The lowest BCUT2D eigenvalue weighted by atomic mass is 9.88. The van der Waals surface area contributed by atoms with Crippen LogP contribution < -0.4 is 0 Å². The summed E-state index contributed by atoms with van der Waals surface area (Å²) < 4.78 is 0. The molecule has 0 bridgehead atoms. The van der Waals surface area contributed by atoms with E-state index in [9.17, 15) is 0 Å². The molecule has 0 heterocycles. The molecule has 0 radical (unpaired) electrons. The van der Waals surface area contributed by atoms with Crippen molar-refractivity contribution in [2.75, 3.05) is 0 Å². The molecule has 0 aliphatic carbocycles. The summed E-state index contributed by atoms with van der Waals surface area (Å²) in [4.78, 5) is 0. The van der Waals surface area contributed by atoms with Gasteiger partial charge in [-0.25, -0.2) is 0 Å². The van der Waals surface area contributed by atoms with Crippen LogP contribution in [0.2, 0.25) is 0 Å². The van der Waals surface area contributed by atoms with E-state index in [4.69, 9.17) is 0 Å². The van der Waals surface area contributed by atoms with Gasteiger partial charge in [-0.1, -0.05) is 86.1 Å². The van der Waals surface area contributed by atoms with Crippen molar-refractivity contribution in [1.82, 2.24) is 0 Å². The minimum Gasteiger partial charge on any atom is -0.0616 e. The first kappa shape index (κ1) is 15.9. The minimum atomic E-state index is 0.524. The van der Waals surface area contributed by atoms with Crippen LogP contribution in [0.4, 0.5) is 0 Å². The summed E-state index contributed by atoms with van der Waals surface area (Å²) in [5.74, 6) is 0.524. The second-order valence-electron chi connectivity index (χ2n) is 7.44. The lowest BCUT2D eigenvalue weighted by Crippen LogP contribution is -1.92. The van der Waals surface area contributed by atoms with Crippen molar-refractivity contribution in [3.8, 4) is 11.1 Å². The molecule has 0 heteroatoms. The van der Waals surface area contributed by atoms with Crippen LogP contribution in [0.15, 0.2) is 66.7 Å². The summed E-state index contributed by atoms with van der Waals surface area (Å²) >= 11 is 0. The first-order chi connectivity index (χ1) is 12.0. The zero-order valence-corrected chi connectivity index (χ0v) is 15.4. The molecule has 124 valence electrons. The van der Waals surface area contributed by atoms with Gasteiger partial charge in [0.05, 0.1) is 0 Å². The average Bonchev–Trinajstić information content (AvgIpc) is 2.59. The molecule has 4 rings (SSSR count). The number of rotatable bonds is 2. The second kappa shape index (κ2) is 6.04. The molecule has 0 unspecified atom stereocenters. The van der Waals surface area contributed by atoms with Gasteiger partial charge in [0.1, 0.15) is 0 Å². The van der Waals surface area contributed by atoms with E-state index in [0.29, 0.717) is 5.92 Å². The Labute approximate surface area is 150 Å². The standard InChI is InChI=1S/C25H24/c1-16(2)20-11-12-24(23-8-6-5-7-22(20)23)25-15-18(4)14-19-13-17(3)9-10-21(19)25/h5-16H,1-4H3. The Kier molecular flexibility index (Phi) is 3.84. The summed E-state index contributed by atoms with van der Waals surface area (Å²) in [6.07, 6.45) is 0. The average molecular weight is 324 g/mol. The van der Waals surface area contributed by atoms with E-state index in [-0.39, 0.29) is 0 Å². The van der Waals surface area contributed by atoms with Gasteiger partial charge < -0.3 is 0 Å². The highest BCUT2D eigenvalue weighted by Crippen LogP contribution is 2.37. The van der Waals surface area contributed by atoms with Gasteiger partial charge in [0, 0.05) is 0 Å². The van der Waals surface area contributed by atoms with Gasteiger partial charge in [0.2, 0.25) is 0 Å². The van der Waals surface area contributed by atoms with Crippen molar-refractivity contribution in [2.45, 2.75) is 33.6 Å². The second-order valence-corrected chi connectivity index (χ2v) is 7.44. The first-order valence-corrected chi connectivity index (χ1v) is 9.07. The zero-order valence-electron chi connectivity index (χ0n) is 15.4. The lowest BCUT2D eigenvalue weighted by Gasteiger charge is -2.16. The van der Waals surface area contributed by atoms with Crippen molar-refractivity contribution in [2.24, 2.45) is 0 Å². The normalized spacial score (nSPS) is 11.6. The smallest absolute Gasteiger partial charge is 0.00965 e. The van der Waals surface area contributed by atoms with E-state index in [0.717, 1.165) is 0 Å². The monoisotopic (exact) mass is 324 g/mol. The molecule has 4 aromatic rings. The maximum Gasteiger partial charge on any atom is -0.00965 e. The third kappa shape index (κ3) is 2.72. The molecule has 0 N–H and O–H groups in total. The van der Waals surface area contributed by atoms with E-state index >= 15 is 0 Å². The van der Waals surface area contributed by atoms with E-state index < -0.39 is 0 Å². The molecule has 0 aromatic heterocycles. The summed E-state index contributed by atoms with van der Waals surface area (Å²) in [6.45, 7) is 8.89. The van der Waals surface area contributed by atoms with E-state index in [1.165, 1.54) is 49.4 Å².